The summed E-state index contributed by atoms with van der Waals surface area (Å²) in [5, 5.41) is 28.5. The lowest BCUT2D eigenvalue weighted by atomic mass is 9.82. The van der Waals surface area contributed by atoms with Crippen molar-refractivity contribution in [2.45, 2.75) is 38.5 Å². The van der Waals surface area contributed by atoms with Crippen LogP contribution in [0.3, 0.4) is 0 Å². The van der Waals surface area contributed by atoms with Crippen molar-refractivity contribution >= 4 is 33.2 Å². The molecule has 0 radical (unpaired) electrons. The number of rotatable bonds is 6. The van der Waals surface area contributed by atoms with Gasteiger partial charge in [0.25, 0.3) is 0 Å². The molecule has 0 aliphatic heterocycles. The number of benzene rings is 4. The second-order valence-corrected chi connectivity index (χ2v) is 17.8. The molecule has 0 atom stereocenters. The van der Waals surface area contributed by atoms with E-state index in [1.165, 1.54) is 55.8 Å². The van der Waals surface area contributed by atoms with Crippen LogP contribution in [-0.4, -0.2) is 35.2 Å². The minimum atomic E-state index is -0.119. The topological polar surface area (TPSA) is 112 Å². The van der Waals surface area contributed by atoms with Gasteiger partial charge in [0.2, 0.25) is 0 Å². The Kier molecular flexibility index (Phi) is 8.44. The fourth-order valence-electron chi connectivity index (χ4n) is 8.48. The molecule has 9 heteroatoms. The molecule has 0 saturated heterocycles. The Balaban J connectivity index is 0.855. The number of hydrogen-bond acceptors (Lipinski definition) is 9. The summed E-state index contributed by atoms with van der Waals surface area (Å²) in [6, 6.07) is 47.6. The van der Waals surface area contributed by atoms with Gasteiger partial charge in [0.1, 0.15) is 21.5 Å². The van der Waals surface area contributed by atoms with E-state index in [1.54, 1.807) is 6.07 Å². The fourth-order valence-corrected chi connectivity index (χ4v) is 9.90. The Morgan fingerprint density at radius 1 is 0.448 bits per heavy atom. The molecule has 4 heterocycles. The van der Waals surface area contributed by atoms with Crippen LogP contribution in [0.2, 0.25) is 0 Å². The molecule has 2 aliphatic carbocycles. The molecule has 0 spiro atoms. The smallest absolute Gasteiger partial charge is 0.166 e. The molecule has 10 rings (SSSR count). The summed E-state index contributed by atoms with van der Waals surface area (Å²) in [6.45, 7) is 9.10. The molecule has 280 valence electrons. The van der Waals surface area contributed by atoms with Gasteiger partial charge in [-0.3, -0.25) is 10.8 Å². The van der Waals surface area contributed by atoms with Gasteiger partial charge in [0, 0.05) is 22.0 Å². The predicted octanol–water partition coefficient (Wildman–Crippen LogP) is 12.1. The molecule has 0 saturated carbocycles. The zero-order valence-electron chi connectivity index (χ0n) is 32.3. The van der Waals surface area contributed by atoms with E-state index in [9.17, 15) is 0 Å². The molecule has 58 heavy (non-hydrogen) atoms. The lowest BCUT2D eigenvalue weighted by Gasteiger charge is -2.21. The van der Waals surface area contributed by atoms with Gasteiger partial charge in [-0.2, -0.15) is 0 Å². The summed E-state index contributed by atoms with van der Waals surface area (Å²) in [5.74, 6) is 0. The minimum absolute atomic E-state index is 0.0960. The van der Waals surface area contributed by atoms with Crippen molar-refractivity contribution in [3.05, 3.63) is 173 Å². The molecule has 0 fully saturated rings. The van der Waals surface area contributed by atoms with E-state index in [-0.39, 0.29) is 20.9 Å². The van der Waals surface area contributed by atoms with Crippen molar-refractivity contribution in [1.82, 2.24) is 25.1 Å². The molecule has 8 aromatic rings. The summed E-state index contributed by atoms with van der Waals surface area (Å²) in [6.07, 6.45) is 0. The highest BCUT2D eigenvalue weighted by molar-refractivity contribution is 8.27. The van der Waals surface area contributed by atoms with E-state index in [0.717, 1.165) is 40.0 Å². The van der Waals surface area contributed by atoms with Crippen LogP contribution in [0.1, 0.15) is 61.3 Å². The van der Waals surface area contributed by atoms with E-state index in [0.29, 0.717) is 27.1 Å². The van der Waals surface area contributed by atoms with Gasteiger partial charge in [-0.15, -0.1) is 10.2 Å². The summed E-state index contributed by atoms with van der Waals surface area (Å²) >= 11 is 2.44. The van der Waals surface area contributed by atoms with Crippen LogP contribution in [0.15, 0.2) is 140 Å². The van der Waals surface area contributed by atoms with Crippen LogP contribution < -0.4 is 0 Å². The highest BCUT2D eigenvalue weighted by atomic mass is 32.2. The number of hydrogen-bond donors (Lipinski definition) is 2. The molecule has 4 aromatic carbocycles. The van der Waals surface area contributed by atoms with Crippen LogP contribution in [0.4, 0.5) is 0 Å². The molecule has 2 aliphatic rings. The van der Waals surface area contributed by atoms with Gasteiger partial charge in [-0.25, -0.2) is 15.0 Å². The zero-order chi connectivity index (χ0) is 39.8. The molecule has 0 amide bonds. The summed E-state index contributed by atoms with van der Waals surface area (Å²) in [7, 11) is 0. The monoisotopic (exact) mass is 787 g/mol. The molecule has 7 nitrogen and oxygen atoms in total. The second kappa shape index (κ2) is 13.6. The first-order chi connectivity index (χ1) is 28.1. The third-order valence-corrected chi connectivity index (χ3v) is 13.3. The largest absolute Gasteiger partial charge is 0.292 e. The third kappa shape index (κ3) is 5.92. The van der Waals surface area contributed by atoms with Crippen LogP contribution >= 0.6 is 23.1 Å². The standard InChI is InChI=1S/C49H37N7S2/c1-48(2)34-14-7-5-12-30(34)32-24-22-28(26-36(32)48)38-16-9-18-40(52-38)44(50)57-45(51)41-19-11-21-43(54-41)47-56-55-46(58-47)42-20-10-17-39(53-42)29-23-25-33-31-13-6-8-15-35(31)49(3,4)37(33)27-29/h5-27,50-51H,1-4H3. The van der Waals surface area contributed by atoms with Crippen molar-refractivity contribution < 1.29 is 0 Å². The first kappa shape index (κ1) is 36.0. The van der Waals surface area contributed by atoms with Crippen LogP contribution in [-0.2, 0) is 10.8 Å². The Labute approximate surface area is 345 Å². The van der Waals surface area contributed by atoms with E-state index >= 15 is 0 Å². The SMILES string of the molecule is CC1(C)c2ccccc2-c2ccc(-c3cccc(C(=N)SC(=N)c4cccc(-c5nnc(-c6cccc(-c7ccc8c(c7)C(C)(C)c7ccccc7-8)n6)s5)n4)n3)cc21. The average molecular weight is 788 g/mol. The lowest BCUT2D eigenvalue weighted by Crippen LogP contribution is -2.15. The van der Waals surface area contributed by atoms with Crippen LogP contribution in [0, 0.1) is 10.8 Å². The molecule has 0 unspecified atom stereocenters. The first-order valence-electron chi connectivity index (χ1n) is 19.2. The number of nitrogens with zero attached hydrogens (tertiary/aromatic N) is 5. The van der Waals surface area contributed by atoms with Gasteiger partial charge in [0.05, 0.1) is 22.8 Å². The number of thioether (sulfide) groups is 1. The molecule has 0 bridgehead atoms. The maximum Gasteiger partial charge on any atom is 0.166 e. The average Bonchev–Trinajstić information content (AvgIpc) is 3.91. The Hall–Kier alpha value is -6.42. The summed E-state index contributed by atoms with van der Waals surface area (Å²) < 4.78 is 0. The normalized spacial score (nSPS) is 14.0. The van der Waals surface area contributed by atoms with Crippen LogP contribution in [0.5, 0.6) is 0 Å². The lowest BCUT2D eigenvalue weighted by molar-refractivity contribution is 0.660. The Morgan fingerprint density at radius 3 is 1.40 bits per heavy atom. The molecular weight excluding hydrogens is 751 g/mol. The Bertz CT molecular complexity index is 3000. The summed E-state index contributed by atoms with van der Waals surface area (Å²) in [5.41, 5.74) is 16.2. The van der Waals surface area contributed by atoms with E-state index < -0.39 is 0 Å². The Morgan fingerprint density at radius 2 is 0.862 bits per heavy atom. The number of fused-ring (bicyclic) bond motifs is 6. The van der Waals surface area contributed by atoms with Gasteiger partial charge in [-0.05, 0) is 105 Å². The van der Waals surface area contributed by atoms with E-state index in [2.05, 4.69) is 123 Å². The van der Waals surface area contributed by atoms with E-state index in [1.807, 2.05) is 48.5 Å². The van der Waals surface area contributed by atoms with Gasteiger partial charge in [0.15, 0.2) is 10.0 Å². The fraction of sp³-hybridized carbons (Fsp3) is 0.122. The van der Waals surface area contributed by atoms with Crippen molar-refractivity contribution in [3.63, 3.8) is 0 Å². The van der Waals surface area contributed by atoms with Gasteiger partial charge >= 0.3 is 0 Å². The number of pyridine rings is 3. The third-order valence-electron chi connectivity index (χ3n) is 11.5. The van der Waals surface area contributed by atoms with Crippen molar-refractivity contribution in [1.29, 1.82) is 10.8 Å². The van der Waals surface area contributed by atoms with Crippen molar-refractivity contribution in [2.75, 3.05) is 0 Å². The zero-order valence-corrected chi connectivity index (χ0v) is 34.0. The number of aromatic nitrogens is 5. The van der Waals surface area contributed by atoms with Crippen LogP contribution in [0.25, 0.3) is 66.2 Å². The highest BCUT2D eigenvalue weighted by Crippen LogP contribution is 2.50. The maximum atomic E-state index is 8.93. The number of nitrogens with one attached hydrogen (secondary N) is 2. The van der Waals surface area contributed by atoms with Crippen molar-refractivity contribution in [2.24, 2.45) is 0 Å². The van der Waals surface area contributed by atoms with Gasteiger partial charge < -0.3 is 0 Å². The maximum absolute atomic E-state index is 8.93. The predicted molar refractivity (Wildman–Crippen MR) is 238 cm³/mol. The highest BCUT2D eigenvalue weighted by Gasteiger charge is 2.36. The van der Waals surface area contributed by atoms with Gasteiger partial charge in [-0.1, -0.05) is 130 Å². The minimum Gasteiger partial charge on any atom is -0.292 e. The molecule has 2 N–H and O–H groups in total. The molecular formula is C49H37N7S2. The second-order valence-electron chi connectivity index (χ2n) is 15.8. The first-order valence-corrected chi connectivity index (χ1v) is 20.8. The van der Waals surface area contributed by atoms with Crippen molar-refractivity contribution in [3.8, 4) is 66.2 Å². The molecule has 4 aromatic heterocycles. The quantitative estimate of drug-likeness (QED) is 0.128. The summed E-state index contributed by atoms with van der Waals surface area (Å²) in [4.78, 5) is 14.7. The van der Waals surface area contributed by atoms with E-state index in [4.69, 9.17) is 25.8 Å².